The number of methoxy groups -OCH3 is 3. The smallest absolute Gasteiger partial charge is 0.252 e. The van der Waals surface area contributed by atoms with E-state index in [1.54, 1.807) is 27.4 Å². The van der Waals surface area contributed by atoms with Crippen LogP contribution in [0.25, 0.3) is 10.9 Å². The fourth-order valence-corrected chi connectivity index (χ4v) is 3.49. The van der Waals surface area contributed by atoms with Crippen molar-refractivity contribution >= 4 is 10.9 Å². The number of ether oxygens (including phenoxy) is 3. The Morgan fingerprint density at radius 3 is 2.46 bits per heavy atom. The molecule has 0 radical (unpaired) electrons. The fourth-order valence-electron chi connectivity index (χ4n) is 3.49. The molecule has 7 nitrogen and oxygen atoms in total. The monoisotopic (exact) mass is 361 g/mol. The molecule has 26 heavy (non-hydrogen) atoms. The number of aromatic amines is 1. The van der Waals surface area contributed by atoms with Gasteiger partial charge in [0.25, 0.3) is 5.56 Å². The van der Waals surface area contributed by atoms with Crippen LogP contribution in [0, 0.1) is 0 Å². The van der Waals surface area contributed by atoms with Crippen molar-refractivity contribution < 1.29 is 14.2 Å². The molecule has 0 unspecified atom stereocenters. The van der Waals surface area contributed by atoms with Crippen LogP contribution in [0.5, 0.6) is 17.2 Å². The van der Waals surface area contributed by atoms with Gasteiger partial charge < -0.3 is 24.1 Å². The Balaban J connectivity index is 2.02. The van der Waals surface area contributed by atoms with Crippen molar-refractivity contribution in [2.75, 3.05) is 48.0 Å². The summed E-state index contributed by atoms with van der Waals surface area (Å²) >= 11 is 0. The third kappa shape index (κ3) is 3.37. The van der Waals surface area contributed by atoms with Crippen molar-refractivity contribution in [2.45, 2.75) is 19.5 Å². The van der Waals surface area contributed by atoms with Crippen LogP contribution in [0.15, 0.2) is 16.9 Å². The van der Waals surface area contributed by atoms with Crippen LogP contribution >= 0.6 is 0 Å². The van der Waals surface area contributed by atoms with Gasteiger partial charge in [0, 0.05) is 49.2 Å². The van der Waals surface area contributed by atoms with Gasteiger partial charge in [-0.25, -0.2) is 0 Å². The van der Waals surface area contributed by atoms with Crippen molar-refractivity contribution in [3.05, 3.63) is 28.0 Å². The van der Waals surface area contributed by atoms with E-state index >= 15 is 0 Å². The average molecular weight is 361 g/mol. The summed E-state index contributed by atoms with van der Waals surface area (Å²) in [5.41, 5.74) is 1.30. The second kappa shape index (κ2) is 7.55. The first-order valence-corrected chi connectivity index (χ1v) is 8.76. The third-order valence-corrected chi connectivity index (χ3v) is 5.16. The van der Waals surface area contributed by atoms with E-state index in [1.807, 2.05) is 6.07 Å². The number of rotatable bonds is 5. The molecule has 3 rings (SSSR count). The molecule has 1 aromatic heterocycles. The molecule has 1 N–H and O–H groups in total. The summed E-state index contributed by atoms with van der Waals surface area (Å²) in [6, 6.07) is 4.14. The number of piperazine rings is 1. The number of likely N-dealkylation sites (N-methyl/N-ethyl adjacent to an activating group) is 1. The van der Waals surface area contributed by atoms with E-state index in [2.05, 4.69) is 28.8 Å². The van der Waals surface area contributed by atoms with E-state index in [0.717, 1.165) is 30.6 Å². The maximum Gasteiger partial charge on any atom is 0.252 e. The number of nitrogens with zero attached hydrogens (tertiary/aromatic N) is 2. The third-order valence-electron chi connectivity index (χ3n) is 5.16. The van der Waals surface area contributed by atoms with E-state index in [1.165, 1.54) is 0 Å². The molecule has 0 spiro atoms. The molecule has 0 saturated carbocycles. The van der Waals surface area contributed by atoms with Crippen molar-refractivity contribution in [1.82, 2.24) is 14.8 Å². The van der Waals surface area contributed by atoms with Crippen molar-refractivity contribution in [3.8, 4) is 17.2 Å². The number of pyridine rings is 1. The second-order valence-corrected chi connectivity index (χ2v) is 6.80. The van der Waals surface area contributed by atoms with Gasteiger partial charge >= 0.3 is 0 Å². The first-order chi connectivity index (χ1) is 12.5. The van der Waals surface area contributed by atoms with E-state index in [-0.39, 0.29) is 5.56 Å². The molecule has 142 valence electrons. The van der Waals surface area contributed by atoms with Crippen LogP contribution in [-0.2, 0) is 6.54 Å². The Morgan fingerprint density at radius 2 is 1.85 bits per heavy atom. The highest BCUT2D eigenvalue weighted by molar-refractivity contribution is 5.90. The Bertz CT molecular complexity index is 849. The minimum Gasteiger partial charge on any atom is -0.493 e. The van der Waals surface area contributed by atoms with Gasteiger partial charge in [-0.05, 0) is 20.0 Å². The number of nitrogens with one attached hydrogen (secondary N) is 1. The minimum absolute atomic E-state index is 0.0849. The van der Waals surface area contributed by atoms with Gasteiger partial charge in [-0.1, -0.05) is 0 Å². The predicted molar refractivity (Wildman–Crippen MR) is 102 cm³/mol. The molecule has 1 atom stereocenters. The molecule has 1 aliphatic heterocycles. The largest absolute Gasteiger partial charge is 0.493 e. The summed E-state index contributed by atoms with van der Waals surface area (Å²) in [7, 11) is 6.85. The zero-order valence-electron chi connectivity index (χ0n) is 16.1. The number of fused-ring (bicyclic) bond motifs is 1. The molecular weight excluding hydrogens is 334 g/mol. The lowest BCUT2D eigenvalue weighted by Crippen LogP contribution is -2.49. The number of hydrogen-bond acceptors (Lipinski definition) is 6. The topological polar surface area (TPSA) is 67.0 Å². The number of hydrogen-bond donors (Lipinski definition) is 1. The highest BCUT2D eigenvalue weighted by atomic mass is 16.5. The lowest BCUT2D eigenvalue weighted by Gasteiger charge is -2.37. The quantitative estimate of drug-likeness (QED) is 0.874. The first kappa shape index (κ1) is 18.5. The van der Waals surface area contributed by atoms with E-state index in [4.69, 9.17) is 14.2 Å². The maximum absolute atomic E-state index is 12.6. The summed E-state index contributed by atoms with van der Waals surface area (Å²) in [6.07, 6.45) is 0. The van der Waals surface area contributed by atoms with Crippen molar-refractivity contribution in [1.29, 1.82) is 0 Å². The summed E-state index contributed by atoms with van der Waals surface area (Å²) < 4.78 is 16.4. The number of benzene rings is 1. The average Bonchev–Trinajstić information content (AvgIpc) is 2.63. The Morgan fingerprint density at radius 1 is 1.12 bits per heavy atom. The fraction of sp³-hybridized carbons (Fsp3) is 0.526. The number of H-pyrrole nitrogens is 1. The zero-order chi connectivity index (χ0) is 18.8. The molecule has 0 bridgehead atoms. The summed E-state index contributed by atoms with van der Waals surface area (Å²) in [5, 5.41) is 0.807. The second-order valence-electron chi connectivity index (χ2n) is 6.80. The van der Waals surface area contributed by atoms with Crippen LogP contribution in [0.1, 0.15) is 12.5 Å². The predicted octanol–water partition coefficient (Wildman–Crippen LogP) is 1.69. The van der Waals surface area contributed by atoms with Crippen LogP contribution in [0.2, 0.25) is 0 Å². The molecule has 7 heteroatoms. The van der Waals surface area contributed by atoms with Crippen LogP contribution in [-0.4, -0.2) is 68.8 Å². The van der Waals surface area contributed by atoms with Gasteiger partial charge in [0.05, 0.1) is 26.8 Å². The van der Waals surface area contributed by atoms with E-state index in [0.29, 0.717) is 35.4 Å². The molecule has 0 aliphatic carbocycles. The van der Waals surface area contributed by atoms with Gasteiger partial charge in [0.2, 0.25) is 5.75 Å². The van der Waals surface area contributed by atoms with Crippen molar-refractivity contribution in [2.24, 2.45) is 0 Å². The molecule has 2 aromatic rings. The molecule has 1 aliphatic rings. The summed E-state index contributed by atoms with van der Waals surface area (Å²) in [6.45, 7) is 5.71. The van der Waals surface area contributed by atoms with Crippen LogP contribution in [0.3, 0.4) is 0 Å². The zero-order valence-corrected chi connectivity index (χ0v) is 16.1. The normalized spacial score (nSPS) is 18.9. The molecule has 0 amide bonds. The van der Waals surface area contributed by atoms with E-state index in [9.17, 15) is 4.79 Å². The number of aromatic nitrogens is 1. The molecule has 1 aromatic carbocycles. The highest BCUT2D eigenvalue weighted by Crippen LogP contribution is 2.42. The van der Waals surface area contributed by atoms with Gasteiger partial charge in [-0.3, -0.25) is 9.69 Å². The maximum atomic E-state index is 12.6. The lowest BCUT2D eigenvalue weighted by atomic mass is 10.1. The molecule has 1 fully saturated rings. The van der Waals surface area contributed by atoms with Gasteiger partial charge in [-0.15, -0.1) is 0 Å². The SMILES string of the molecule is COc1cc2[nH]c(=O)c(CN3CCN(C)[C@H](C)C3)cc2c(OC)c1OC. The Hall–Kier alpha value is -2.25. The van der Waals surface area contributed by atoms with Crippen LogP contribution < -0.4 is 19.8 Å². The first-order valence-electron chi connectivity index (χ1n) is 8.76. The standard InChI is InChI=1S/C19H27N3O4/c1-12-10-22(7-6-21(12)2)11-13-8-14-15(20-19(13)23)9-16(24-3)18(26-5)17(14)25-4/h8-9,12H,6-7,10-11H2,1-5H3,(H,20,23)/t12-/m1/s1. The molecule has 1 saturated heterocycles. The lowest BCUT2D eigenvalue weighted by molar-refractivity contribution is 0.0997. The minimum atomic E-state index is -0.0849. The van der Waals surface area contributed by atoms with Gasteiger partial charge in [-0.2, -0.15) is 0 Å². The molecular formula is C19H27N3O4. The van der Waals surface area contributed by atoms with Gasteiger partial charge in [0.15, 0.2) is 11.5 Å². The summed E-state index contributed by atoms with van der Waals surface area (Å²) in [4.78, 5) is 20.2. The van der Waals surface area contributed by atoms with Gasteiger partial charge in [0.1, 0.15) is 0 Å². The van der Waals surface area contributed by atoms with E-state index < -0.39 is 0 Å². The Kier molecular flexibility index (Phi) is 5.38. The highest BCUT2D eigenvalue weighted by Gasteiger charge is 2.22. The van der Waals surface area contributed by atoms with Crippen LogP contribution in [0.4, 0.5) is 0 Å². The Labute approximate surface area is 153 Å². The van der Waals surface area contributed by atoms with Crippen molar-refractivity contribution in [3.63, 3.8) is 0 Å². The summed E-state index contributed by atoms with van der Waals surface area (Å²) in [5.74, 6) is 1.60. The molecule has 2 heterocycles.